The SMILES string of the molecule is NC(CC(=O)NCCCN1CCCCCC1=O)c1ccccc1. The molecule has 5 nitrogen and oxygen atoms in total. The standard InChI is InChI=1S/C18H27N3O2/c19-16(15-8-3-1-4-9-15)14-17(22)20-11-7-13-21-12-6-2-5-10-18(21)23/h1,3-4,8-9,16H,2,5-7,10-14,19H2,(H,20,22). The molecule has 3 N–H and O–H groups in total. The zero-order valence-electron chi connectivity index (χ0n) is 13.7. The molecule has 0 spiro atoms. The number of carbonyl (C=O) groups excluding carboxylic acids is 2. The van der Waals surface area contributed by atoms with E-state index in [1.807, 2.05) is 35.2 Å². The predicted octanol–water partition coefficient (Wildman–Crippen LogP) is 1.99. The second kappa shape index (κ2) is 9.30. The van der Waals surface area contributed by atoms with E-state index < -0.39 is 0 Å². The molecule has 0 aliphatic carbocycles. The number of nitrogens with two attached hydrogens (primary N) is 1. The summed E-state index contributed by atoms with van der Waals surface area (Å²) in [6, 6.07) is 9.37. The van der Waals surface area contributed by atoms with Gasteiger partial charge in [-0.25, -0.2) is 0 Å². The lowest BCUT2D eigenvalue weighted by atomic mass is 10.0. The maximum Gasteiger partial charge on any atom is 0.222 e. The van der Waals surface area contributed by atoms with E-state index in [9.17, 15) is 9.59 Å². The molecular formula is C18H27N3O2. The topological polar surface area (TPSA) is 75.4 Å². The molecule has 1 aliphatic rings. The van der Waals surface area contributed by atoms with E-state index in [4.69, 9.17) is 5.73 Å². The van der Waals surface area contributed by atoms with E-state index in [2.05, 4.69) is 5.32 Å². The first-order valence-corrected chi connectivity index (χ1v) is 8.52. The molecule has 0 radical (unpaired) electrons. The van der Waals surface area contributed by atoms with E-state index >= 15 is 0 Å². The zero-order valence-corrected chi connectivity index (χ0v) is 13.7. The lowest BCUT2D eigenvalue weighted by molar-refractivity contribution is -0.130. The Morgan fingerprint density at radius 2 is 2.00 bits per heavy atom. The molecule has 5 heteroatoms. The fourth-order valence-corrected chi connectivity index (χ4v) is 2.86. The summed E-state index contributed by atoms with van der Waals surface area (Å²) in [5.41, 5.74) is 7.01. The number of benzene rings is 1. The average molecular weight is 317 g/mol. The summed E-state index contributed by atoms with van der Waals surface area (Å²) in [6.45, 7) is 2.17. The molecule has 1 saturated heterocycles. The van der Waals surface area contributed by atoms with Crippen molar-refractivity contribution in [3.8, 4) is 0 Å². The maximum absolute atomic E-state index is 11.9. The molecule has 1 atom stereocenters. The number of hydrogen-bond acceptors (Lipinski definition) is 3. The lowest BCUT2D eigenvalue weighted by Crippen LogP contribution is -2.34. The van der Waals surface area contributed by atoms with Crippen LogP contribution in [0.5, 0.6) is 0 Å². The molecule has 0 aromatic heterocycles. The van der Waals surface area contributed by atoms with Gasteiger partial charge >= 0.3 is 0 Å². The Hall–Kier alpha value is -1.88. The van der Waals surface area contributed by atoms with Crippen molar-refractivity contribution < 1.29 is 9.59 Å². The zero-order chi connectivity index (χ0) is 16.5. The molecule has 1 aromatic rings. The normalized spacial score (nSPS) is 16.7. The van der Waals surface area contributed by atoms with E-state index in [1.165, 1.54) is 0 Å². The molecule has 0 saturated carbocycles. The van der Waals surface area contributed by atoms with Gasteiger partial charge in [0.25, 0.3) is 0 Å². The Kier molecular flexibility index (Phi) is 7.07. The minimum absolute atomic E-state index is 0.0384. The van der Waals surface area contributed by atoms with Crippen molar-refractivity contribution >= 4 is 11.8 Å². The van der Waals surface area contributed by atoms with Gasteiger partial charge < -0.3 is 16.0 Å². The van der Waals surface area contributed by atoms with Gasteiger partial charge in [-0.1, -0.05) is 36.8 Å². The predicted molar refractivity (Wildman–Crippen MR) is 90.7 cm³/mol. The van der Waals surface area contributed by atoms with E-state index in [-0.39, 0.29) is 24.3 Å². The minimum Gasteiger partial charge on any atom is -0.356 e. The molecular weight excluding hydrogens is 290 g/mol. The third-order valence-corrected chi connectivity index (χ3v) is 4.23. The first-order valence-electron chi connectivity index (χ1n) is 8.52. The van der Waals surface area contributed by atoms with E-state index in [0.29, 0.717) is 13.0 Å². The summed E-state index contributed by atoms with van der Waals surface area (Å²) in [7, 11) is 0. The Morgan fingerprint density at radius 1 is 1.22 bits per heavy atom. The van der Waals surface area contributed by atoms with Gasteiger partial charge in [0, 0.05) is 38.5 Å². The smallest absolute Gasteiger partial charge is 0.222 e. The van der Waals surface area contributed by atoms with Crippen molar-refractivity contribution in [2.45, 2.75) is 44.6 Å². The fraction of sp³-hybridized carbons (Fsp3) is 0.556. The third-order valence-electron chi connectivity index (χ3n) is 4.23. The molecule has 1 unspecified atom stereocenters. The van der Waals surface area contributed by atoms with Crippen LogP contribution in [-0.2, 0) is 9.59 Å². The molecule has 1 heterocycles. The number of nitrogens with zero attached hydrogens (tertiary/aromatic N) is 1. The van der Waals surface area contributed by atoms with Crippen LogP contribution in [0, 0.1) is 0 Å². The van der Waals surface area contributed by atoms with E-state index in [1.54, 1.807) is 0 Å². The highest BCUT2D eigenvalue weighted by Gasteiger charge is 2.16. The summed E-state index contributed by atoms with van der Waals surface area (Å²) in [5, 5.41) is 2.90. The third kappa shape index (κ3) is 6.02. The van der Waals surface area contributed by atoms with Crippen LogP contribution in [0.1, 0.15) is 50.1 Å². The summed E-state index contributed by atoms with van der Waals surface area (Å²) < 4.78 is 0. The van der Waals surface area contributed by atoms with Gasteiger partial charge in [-0.15, -0.1) is 0 Å². The van der Waals surface area contributed by atoms with Crippen LogP contribution in [0.2, 0.25) is 0 Å². The van der Waals surface area contributed by atoms with Crippen molar-refractivity contribution in [3.63, 3.8) is 0 Å². The molecule has 1 fully saturated rings. The van der Waals surface area contributed by atoms with Gasteiger partial charge in [0.2, 0.25) is 11.8 Å². The number of nitrogens with one attached hydrogen (secondary N) is 1. The van der Waals surface area contributed by atoms with Gasteiger partial charge in [-0.2, -0.15) is 0 Å². The van der Waals surface area contributed by atoms with Crippen molar-refractivity contribution in [2.24, 2.45) is 5.73 Å². The molecule has 2 rings (SSSR count). The second-order valence-electron chi connectivity index (χ2n) is 6.12. The molecule has 1 aliphatic heterocycles. The quantitative estimate of drug-likeness (QED) is 0.755. The number of rotatable bonds is 7. The summed E-state index contributed by atoms with van der Waals surface area (Å²) >= 11 is 0. The Morgan fingerprint density at radius 3 is 2.78 bits per heavy atom. The van der Waals surface area contributed by atoms with Crippen LogP contribution in [0.4, 0.5) is 0 Å². The Balaban J connectivity index is 1.64. The molecule has 2 amide bonds. The first-order chi connectivity index (χ1) is 11.2. The first kappa shape index (κ1) is 17.5. The van der Waals surface area contributed by atoms with Crippen LogP contribution < -0.4 is 11.1 Å². The van der Waals surface area contributed by atoms with Crippen molar-refractivity contribution in [2.75, 3.05) is 19.6 Å². The fourth-order valence-electron chi connectivity index (χ4n) is 2.86. The van der Waals surface area contributed by atoms with Crippen LogP contribution in [-0.4, -0.2) is 36.3 Å². The van der Waals surface area contributed by atoms with Crippen LogP contribution in [0.3, 0.4) is 0 Å². The number of likely N-dealkylation sites (tertiary alicyclic amines) is 1. The molecule has 0 bridgehead atoms. The maximum atomic E-state index is 11.9. The Labute approximate surface area is 138 Å². The van der Waals surface area contributed by atoms with Gasteiger partial charge in [0.15, 0.2) is 0 Å². The minimum atomic E-state index is -0.275. The number of hydrogen-bond donors (Lipinski definition) is 2. The van der Waals surface area contributed by atoms with Crippen LogP contribution >= 0.6 is 0 Å². The molecule has 1 aromatic carbocycles. The number of carbonyl (C=O) groups is 2. The second-order valence-corrected chi connectivity index (χ2v) is 6.12. The Bertz CT molecular complexity index is 504. The molecule has 23 heavy (non-hydrogen) atoms. The van der Waals surface area contributed by atoms with Gasteiger partial charge in [0.05, 0.1) is 0 Å². The number of amides is 2. The van der Waals surface area contributed by atoms with Crippen molar-refractivity contribution in [3.05, 3.63) is 35.9 Å². The lowest BCUT2D eigenvalue weighted by Gasteiger charge is -2.20. The van der Waals surface area contributed by atoms with Gasteiger partial charge in [0.1, 0.15) is 0 Å². The van der Waals surface area contributed by atoms with Crippen molar-refractivity contribution in [1.29, 1.82) is 0 Å². The largest absolute Gasteiger partial charge is 0.356 e. The van der Waals surface area contributed by atoms with Crippen molar-refractivity contribution in [1.82, 2.24) is 10.2 Å². The summed E-state index contributed by atoms with van der Waals surface area (Å²) in [4.78, 5) is 25.7. The summed E-state index contributed by atoms with van der Waals surface area (Å²) in [6.07, 6.45) is 4.97. The summed E-state index contributed by atoms with van der Waals surface area (Å²) in [5.74, 6) is 0.212. The van der Waals surface area contributed by atoms with Gasteiger partial charge in [-0.3, -0.25) is 9.59 Å². The van der Waals surface area contributed by atoms with E-state index in [0.717, 1.165) is 44.3 Å². The van der Waals surface area contributed by atoms with Crippen LogP contribution in [0.15, 0.2) is 30.3 Å². The highest BCUT2D eigenvalue weighted by atomic mass is 16.2. The highest BCUT2D eigenvalue weighted by molar-refractivity contribution is 5.77. The average Bonchev–Trinajstić information content (AvgIpc) is 2.77. The van der Waals surface area contributed by atoms with Gasteiger partial charge in [-0.05, 0) is 24.8 Å². The highest BCUT2D eigenvalue weighted by Crippen LogP contribution is 2.13. The monoisotopic (exact) mass is 317 g/mol. The molecule has 126 valence electrons. The van der Waals surface area contributed by atoms with Crippen LogP contribution in [0.25, 0.3) is 0 Å².